The Balaban J connectivity index is 2.26. The van der Waals surface area contributed by atoms with E-state index >= 15 is 0 Å². The largest absolute Gasteiger partial charge is 0.493 e. The van der Waals surface area contributed by atoms with Gasteiger partial charge in [0.1, 0.15) is 0 Å². The number of hydrogen-bond acceptors (Lipinski definition) is 5. The van der Waals surface area contributed by atoms with Crippen LogP contribution in [-0.4, -0.2) is 32.2 Å². The third-order valence-corrected chi connectivity index (χ3v) is 4.20. The Hall–Kier alpha value is -2.08. The molecule has 0 saturated carbocycles. The fourth-order valence-electron chi connectivity index (χ4n) is 1.94. The molecule has 0 aliphatic heterocycles. The molecular weight excluding hydrogens is 300 g/mol. The van der Waals surface area contributed by atoms with Crippen molar-refractivity contribution in [1.29, 1.82) is 0 Å². The van der Waals surface area contributed by atoms with E-state index in [4.69, 9.17) is 9.47 Å². The Morgan fingerprint density at radius 2 is 1.91 bits per heavy atom. The number of hydrogen-bond donors (Lipinski definition) is 0. The molecule has 0 spiro atoms. The minimum atomic E-state index is -0.135. The molecule has 5 nitrogen and oxygen atoms in total. The van der Waals surface area contributed by atoms with E-state index in [1.54, 1.807) is 38.3 Å². The monoisotopic (exact) mass is 320 g/mol. The fraction of sp³-hybridized carbons (Fsp3) is 0.375. The van der Waals surface area contributed by atoms with Crippen LogP contribution in [-0.2, 0) is 0 Å². The molecule has 0 saturated heterocycles. The van der Waals surface area contributed by atoms with E-state index in [-0.39, 0.29) is 5.91 Å². The number of methoxy groups -OCH3 is 2. The van der Waals surface area contributed by atoms with Crippen molar-refractivity contribution in [3.63, 3.8) is 0 Å². The van der Waals surface area contributed by atoms with Crippen LogP contribution in [0.3, 0.4) is 0 Å². The molecule has 0 bridgehead atoms. The quantitative estimate of drug-likeness (QED) is 0.845. The van der Waals surface area contributed by atoms with Gasteiger partial charge in [0, 0.05) is 24.2 Å². The minimum absolute atomic E-state index is 0.135. The Morgan fingerprint density at radius 3 is 2.45 bits per heavy atom. The predicted molar refractivity (Wildman–Crippen MR) is 88.5 cm³/mol. The smallest absolute Gasteiger partial charge is 0.286 e. The third-order valence-electron chi connectivity index (χ3n) is 3.36. The zero-order valence-electron chi connectivity index (χ0n) is 13.4. The number of anilines is 1. The van der Waals surface area contributed by atoms with Crippen molar-refractivity contribution in [3.05, 3.63) is 34.3 Å². The Labute approximate surface area is 134 Å². The number of thiazole rings is 1. The maximum absolute atomic E-state index is 12.5. The van der Waals surface area contributed by atoms with E-state index in [1.807, 2.05) is 11.4 Å². The average molecular weight is 320 g/mol. The highest BCUT2D eigenvalue weighted by Crippen LogP contribution is 2.31. The first-order valence-electron chi connectivity index (χ1n) is 6.93. The lowest BCUT2D eigenvalue weighted by Crippen LogP contribution is -2.26. The summed E-state index contributed by atoms with van der Waals surface area (Å²) in [4.78, 5) is 18.5. The summed E-state index contributed by atoms with van der Waals surface area (Å²) >= 11 is 1.37. The summed E-state index contributed by atoms with van der Waals surface area (Å²) in [5.74, 6) is 1.39. The topological polar surface area (TPSA) is 51.7 Å². The number of ether oxygens (including phenoxy) is 2. The summed E-state index contributed by atoms with van der Waals surface area (Å²) in [5, 5.41) is 2.42. The van der Waals surface area contributed by atoms with Crippen molar-refractivity contribution in [3.8, 4) is 11.5 Å². The van der Waals surface area contributed by atoms with Crippen molar-refractivity contribution in [2.45, 2.75) is 19.8 Å². The highest BCUT2D eigenvalue weighted by Gasteiger charge is 2.19. The van der Waals surface area contributed by atoms with Gasteiger partial charge in [-0.05, 0) is 18.1 Å². The second-order valence-corrected chi connectivity index (χ2v) is 5.99. The van der Waals surface area contributed by atoms with E-state index in [9.17, 15) is 4.79 Å². The number of carbonyl (C=O) groups excluding carboxylic acids is 1. The highest BCUT2D eigenvalue weighted by molar-refractivity contribution is 7.11. The first-order valence-corrected chi connectivity index (χ1v) is 7.81. The molecular formula is C16H20N2O3S. The van der Waals surface area contributed by atoms with Gasteiger partial charge in [-0.2, -0.15) is 0 Å². The van der Waals surface area contributed by atoms with E-state index < -0.39 is 0 Å². The van der Waals surface area contributed by atoms with Crippen LogP contribution in [0.1, 0.15) is 35.3 Å². The van der Waals surface area contributed by atoms with Crippen molar-refractivity contribution in [1.82, 2.24) is 4.98 Å². The van der Waals surface area contributed by atoms with E-state index in [0.717, 1.165) is 11.4 Å². The van der Waals surface area contributed by atoms with Gasteiger partial charge in [-0.25, -0.2) is 4.98 Å². The van der Waals surface area contributed by atoms with Crippen molar-refractivity contribution in [2.24, 2.45) is 0 Å². The van der Waals surface area contributed by atoms with Gasteiger partial charge in [0.05, 0.1) is 19.9 Å². The van der Waals surface area contributed by atoms with Crippen LogP contribution in [0, 0.1) is 0 Å². The molecule has 2 rings (SSSR count). The maximum atomic E-state index is 12.5. The molecule has 0 fully saturated rings. The molecule has 1 heterocycles. The third kappa shape index (κ3) is 3.22. The predicted octanol–water partition coefficient (Wildman–Crippen LogP) is 3.56. The van der Waals surface area contributed by atoms with Crippen LogP contribution in [0.4, 0.5) is 5.69 Å². The number of nitrogens with zero attached hydrogens (tertiary/aromatic N) is 2. The molecule has 0 atom stereocenters. The molecule has 0 aliphatic rings. The SMILES string of the molecule is COc1ccc(N(C)C(=O)c2nc(C(C)C)cs2)cc1OC. The Bertz CT molecular complexity index is 667. The average Bonchev–Trinajstić information content (AvgIpc) is 3.03. The lowest BCUT2D eigenvalue weighted by molar-refractivity contribution is 0.0992. The molecule has 1 aromatic heterocycles. The van der Waals surface area contributed by atoms with Gasteiger partial charge in [0.2, 0.25) is 0 Å². The molecule has 1 aromatic carbocycles. The molecule has 22 heavy (non-hydrogen) atoms. The van der Waals surface area contributed by atoms with Gasteiger partial charge in [0.15, 0.2) is 16.5 Å². The zero-order chi connectivity index (χ0) is 16.3. The van der Waals surface area contributed by atoms with Crippen molar-refractivity contribution >= 4 is 22.9 Å². The summed E-state index contributed by atoms with van der Waals surface area (Å²) in [5.41, 5.74) is 1.66. The molecule has 0 unspecified atom stereocenters. The number of amides is 1. The molecule has 6 heteroatoms. The number of benzene rings is 1. The summed E-state index contributed by atoms with van der Waals surface area (Å²) in [6.07, 6.45) is 0. The van der Waals surface area contributed by atoms with Crippen LogP contribution in [0.15, 0.2) is 23.6 Å². The first-order chi connectivity index (χ1) is 10.5. The van der Waals surface area contributed by atoms with Crippen molar-refractivity contribution in [2.75, 3.05) is 26.2 Å². The second kappa shape index (κ2) is 6.79. The number of carbonyl (C=O) groups is 1. The Kier molecular flexibility index (Phi) is 5.03. The summed E-state index contributed by atoms with van der Waals surface area (Å²) in [6, 6.07) is 5.36. The van der Waals surface area contributed by atoms with Crippen LogP contribution < -0.4 is 14.4 Å². The second-order valence-electron chi connectivity index (χ2n) is 5.14. The minimum Gasteiger partial charge on any atom is -0.493 e. The normalized spacial score (nSPS) is 10.6. The molecule has 2 aromatic rings. The maximum Gasteiger partial charge on any atom is 0.286 e. The summed E-state index contributed by atoms with van der Waals surface area (Å²) < 4.78 is 10.5. The lowest BCUT2D eigenvalue weighted by atomic mass is 10.2. The Morgan fingerprint density at radius 1 is 1.23 bits per heavy atom. The molecule has 118 valence electrons. The van der Waals surface area contributed by atoms with Gasteiger partial charge in [0.25, 0.3) is 5.91 Å². The van der Waals surface area contributed by atoms with Gasteiger partial charge in [-0.3, -0.25) is 4.79 Å². The zero-order valence-corrected chi connectivity index (χ0v) is 14.2. The van der Waals surface area contributed by atoms with Crippen LogP contribution in [0.25, 0.3) is 0 Å². The molecule has 0 N–H and O–H groups in total. The molecule has 0 aliphatic carbocycles. The highest BCUT2D eigenvalue weighted by atomic mass is 32.1. The molecule has 1 amide bonds. The van der Waals surface area contributed by atoms with E-state index in [2.05, 4.69) is 18.8 Å². The van der Waals surface area contributed by atoms with Crippen LogP contribution in [0.5, 0.6) is 11.5 Å². The number of rotatable bonds is 5. The van der Waals surface area contributed by atoms with E-state index in [1.165, 1.54) is 11.3 Å². The lowest BCUT2D eigenvalue weighted by Gasteiger charge is -2.18. The van der Waals surface area contributed by atoms with Gasteiger partial charge in [-0.15, -0.1) is 11.3 Å². The van der Waals surface area contributed by atoms with Gasteiger partial charge >= 0.3 is 0 Å². The van der Waals surface area contributed by atoms with Crippen LogP contribution in [0.2, 0.25) is 0 Å². The summed E-state index contributed by atoms with van der Waals surface area (Å²) in [7, 11) is 4.87. The molecule has 0 radical (unpaired) electrons. The van der Waals surface area contributed by atoms with Crippen molar-refractivity contribution < 1.29 is 14.3 Å². The fourth-order valence-corrected chi connectivity index (χ4v) is 2.90. The van der Waals surface area contributed by atoms with Gasteiger partial charge < -0.3 is 14.4 Å². The summed E-state index contributed by atoms with van der Waals surface area (Å²) in [6.45, 7) is 4.11. The van der Waals surface area contributed by atoms with Crippen LogP contribution >= 0.6 is 11.3 Å². The first kappa shape index (κ1) is 16.3. The van der Waals surface area contributed by atoms with E-state index in [0.29, 0.717) is 22.4 Å². The number of aromatic nitrogens is 1. The standard InChI is InChI=1S/C16H20N2O3S/c1-10(2)12-9-22-15(17-12)16(19)18(3)11-6-7-13(20-4)14(8-11)21-5/h6-10H,1-5H3. The van der Waals surface area contributed by atoms with Gasteiger partial charge in [-0.1, -0.05) is 13.8 Å².